The van der Waals surface area contributed by atoms with Crippen LogP contribution in [0.15, 0.2) is 29.8 Å². The second-order valence-corrected chi connectivity index (χ2v) is 5.75. The van der Waals surface area contributed by atoms with Crippen molar-refractivity contribution < 1.29 is 9.47 Å². The van der Waals surface area contributed by atoms with Gasteiger partial charge in [-0.2, -0.15) is 0 Å². The van der Waals surface area contributed by atoms with Crippen molar-refractivity contribution in [3.63, 3.8) is 0 Å². The highest BCUT2D eigenvalue weighted by molar-refractivity contribution is 5.55. The molecule has 0 spiro atoms. The second kappa shape index (κ2) is 5.16. The molecule has 0 aromatic heterocycles. The quantitative estimate of drug-likeness (QED) is 0.837. The lowest BCUT2D eigenvalue weighted by molar-refractivity contribution is 0.174. The average Bonchev–Trinajstić information content (AvgIpc) is 2.82. The van der Waals surface area contributed by atoms with Crippen LogP contribution in [0, 0.1) is 11.8 Å². The maximum Gasteiger partial charge on any atom is 0.231 e. The van der Waals surface area contributed by atoms with Crippen LogP contribution < -0.4 is 14.8 Å². The number of hydrogen-bond donors (Lipinski definition) is 1. The highest BCUT2D eigenvalue weighted by Crippen LogP contribution is 2.34. The van der Waals surface area contributed by atoms with Gasteiger partial charge in [-0.15, -0.1) is 0 Å². The number of anilines is 1. The molecule has 1 N–H and O–H groups in total. The molecule has 1 aliphatic carbocycles. The molecule has 0 fully saturated rings. The van der Waals surface area contributed by atoms with Gasteiger partial charge in [0.15, 0.2) is 11.5 Å². The molecule has 2 unspecified atom stereocenters. The minimum Gasteiger partial charge on any atom is -0.454 e. The van der Waals surface area contributed by atoms with E-state index in [1.807, 2.05) is 12.1 Å². The van der Waals surface area contributed by atoms with Crippen molar-refractivity contribution in [2.75, 3.05) is 18.7 Å². The van der Waals surface area contributed by atoms with Crippen LogP contribution in [0.5, 0.6) is 11.5 Å². The van der Waals surface area contributed by atoms with E-state index in [-0.39, 0.29) is 0 Å². The molecule has 102 valence electrons. The third-order valence-electron chi connectivity index (χ3n) is 3.85. The molecule has 0 radical (unpaired) electrons. The first-order chi connectivity index (χ1) is 9.20. The Kier molecular flexibility index (Phi) is 3.36. The molecule has 1 aromatic carbocycles. The molecule has 2 atom stereocenters. The standard InChI is InChI=1S/C16H21NO2/c1-11-5-12(2)7-13(6-11)9-17-14-3-4-15-16(8-14)19-10-18-15/h3-5,8,11,13,17H,6-7,9-10H2,1-2H3. The van der Waals surface area contributed by atoms with E-state index in [2.05, 4.69) is 31.3 Å². The van der Waals surface area contributed by atoms with Gasteiger partial charge in [-0.3, -0.25) is 0 Å². The third kappa shape index (κ3) is 2.86. The summed E-state index contributed by atoms with van der Waals surface area (Å²) in [5, 5.41) is 3.52. The van der Waals surface area contributed by atoms with Crippen molar-refractivity contribution in [3.8, 4) is 11.5 Å². The Bertz CT molecular complexity index is 496. The fraction of sp³-hybridized carbons (Fsp3) is 0.500. The van der Waals surface area contributed by atoms with Crippen LogP contribution in [0.25, 0.3) is 0 Å². The fourth-order valence-corrected chi connectivity index (χ4v) is 3.11. The van der Waals surface area contributed by atoms with E-state index >= 15 is 0 Å². The topological polar surface area (TPSA) is 30.5 Å². The minimum atomic E-state index is 0.336. The van der Waals surface area contributed by atoms with Crippen LogP contribution >= 0.6 is 0 Å². The van der Waals surface area contributed by atoms with Crippen LogP contribution in [0.2, 0.25) is 0 Å². The van der Waals surface area contributed by atoms with E-state index in [0.717, 1.165) is 29.6 Å². The lowest BCUT2D eigenvalue weighted by Gasteiger charge is -2.26. The summed E-state index contributed by atoms with van der Waals surface area (Å²) < 4.78 is 10.7. The van der Waals surface area contributed by atoms with Crippen LogP contribution in [0.1, 0.15) is 26.7 Å². The first-order valence-electron chi connectivity index (χ1n) is 7.01. The molecule has 0 amide bonds. The van der Waals surface area contributed by atoms with Gasteiger partial charge in [0.25, 0.3) is 0 Å². The van der Waals surface area contributed by atoms with Gasteiger partial charge in [0.2, 0.25) is 6.79 Å². The summed E-state index contributed by atoms with van der Waals surface area (Å²) >= 11 is 0. The van der Waals surface area contributed by atoms with Gasteiger partial charge >= 0.3 is 0 Å². The van der Waals surface area contributed by atoms with Crippen LogP contribution in [-0.4, -0.2) is 13.3 Å². The molecule has 1 heterocycles. The molecule has 0 saturated heterocycles. The van der Waals surface area contributed by atoms with Gasteiger partial charge in [0.05, 0.1) is 0 Å². The normalized spacial score (nSPS) is 25.1. The number of hydrogen-bond acceptors (Lipinski definition) is 3. The molecule has 0 saturated carbocycles. The third-order valence-corrected chi connectivity index (χ3v) is 3.85. The number of allylic oxidation sites excluding steroid dienone is 2. The van der Waals surface area contributed by atoms with E-state index < -0.39 is 0 Å². The lowest BCUT2D eigenvalue weighted by Crippen LogP contribution is -2.20. The van der Waals surface area contributed by atoms with E-state index in [0.29, 0.717) is 12.7 Å². The number of nitrogens with one attached hydrogen (secondary N) is 1. The predicted molar refractivity (Wildman–Crippen MR) is 76.7 cm³/mol. The molecule has 0 bridgehead atoms. The highest BCUT2D eigenvalue weighted by Gasteiger charge is 2.18. The molecule has 3 rings (SSSR count). The Morgan fingerprint density at radius 1 is 1.26 bits per heavy atom. The van der Waals surface area contributed by atoms with Crippen molar-refractivity contribution in [2.45, 2.75) is 26.7 Å². The molecule has 1 aliphatic heterocycles. The molecule has 3 heteroatoms. The van der Waals surface area contributed by atoms with Gasteiger partial charge in [0.1, 0.15) is 0 Å². The summed E-state index contributed by atoms with van der Waals surface area (Å²) in [6.45, 7) is 5.90. The number of ether oxygens (including phenoxy) is 2. The van der Waals surface area contributed by atoms with Crippen LogP contribution in [-0.2, 0) is 0 Å². The van der Waals surface area contributed by atoms with Gasteiger partial charge < -0.3 is 14.8 Å². The van der Waals surface area contributed by atoms with Crippen molar-refractivity contribution in [1.29, 1.82) is 0 Å². The van der Waals surface area contributed by atoms with E-state index in [1.54, 1.807) is 0 Å². The predicted octanol–water partition coefficient (Wildman–Crippen LogP) is 3.82. The van der Waals surface area contributed by atoms with Crippen molar-refractivity contribution in [1.82, 2.24) is 0 Å². The molecular formula is C16H21NO2. The monoisotopic (exact) mass is 259 g/mol. The van der Waals surface area contributed by atoms with Gasteiger partial charge in [-0.1, -0.05) is 18.6 Å². The number of rotatable bonds is 3. The zero-order valence-corrected chi connectivity index (χ0v) is 11.6. The SMILES string of the molecule is CC1=CC(C)CC(CNc2ccc3c(c2)OCO3)C1. The highest BCUT2D eigenvalue weighted by atomic mass is 16.7. The number of fused-ring (bicyclic) bond motifs is 1. The van der Waals surface area contributed by atoms with E-state index in [4.69, 9.17) is 9.47 Å². The summed E-state index contributed by atoms with van der Waals surface area (Å²) in [4.78, 5) is 0. The van der Waals surface area contributed by atoms with E-state index in [1.165, 1.54) is 18.4 Å². The Labute approximate surface area is 114 Å². The molecular weight excluding hydrogens is 238 g/mol. The minimum absolute atomic E-state index is 0.336. The smallest absolute Gasteiger partial charge is 0.231 e. The summed E-state index contributed by atoms with van der Waals surface area (Å²) in [7, 11) is 0. The Morgan fingerprint density at radius 2 is 2.11 bits per heavy atom. The van der Waals surface area contributed by atoms with Gasteiger partial charge in [-0.25, -0.2) is 0 Å². The van der Waals surface area contributed by atoms with Crippen molar-refractivity contribution in [3.05, 3.63) is 29.8 Å². The van der Waals surface area contributed by atoms with Gasteiger partial charge in [0, 0.05) is 18.3 Å². The Balaban J connectivity index is 1.59. The fourth-order valence-electron chi connectivity index (χ4n) is 3.11. The summed E-state index contributed by atoms with van der Waals surface area (Å²) in [6, 6.07) is 6.05. The summed E-state index contributed by atoms with van der Waals surface area (Å²) in [6.07, 6.45) is 4.88. The Morgan fingerprint density at radius 3 is 2.95 bits per heavy atom. The number of benzene rings is 1. The van der Waals surface area contributed by atoms with E-state index in [9.17, 15) is 0 Å². The first-order valence-corrected chi connectivity index (χ1v) is 7.01. The van der Waals surface area contributed by atoms with Crippen LogP contribution in [0.3, 0.4) is 0 Å². The maximum atomic E-state index is 5.39. The zero-order chi connectivity index (χ0) is 13.2. The largest absolute Gasteiger partial charge is 0.454 e. The maximum absolute atomic E-state index is 5.39. The molecule has 19 heavy (non-hydrogen) atoms. The molecule has 2 aliphatic rings. The van der Waals surface area contributed by atoms with Crippen LogP contribution in [0.4, 0.5) is 5.69 Å². The average molecular weight is 259 g/mol. The molecule has 3 nitrogen and oxygen atoms in total. The second-order valence-electron chi connectivity index (χ2n) is 5.75. The lowest BCUT2D eigenvalue weighted by atomic mass is 9.84. The van der Waals surface area contributed by atoms with Crippen molar-refractivity contribution in [2.24, 2.45) is 11.8 Å². The first kappa shape index (κ1) is 12.4. The van der Waals surface area contributed by atoms with Crippen molar-refractivity contribution >= 4 is 5.69 Å². The zero-order valence-electron chi connectivity index (χ0n) is 11.6. The summed E-state index contributed by atoms with van der Waals surface area (Å²) in [5.41, 5.74) is 2.64. The summed E-state index contributed by atoms with van der Waals surface area (Å²) in [5.74, 6) is 3.12. The van der Waals surface area contributed by atoms with Gasteiger partial charge in [-0.05, 0) is 43.7 Å². The molecule has 1 aromatic rings. The Hall–Kier alpha value is -1.64.